The second-order valence-corrected chi connectivity index (χ2v) is 11.7. The third kappa shape index (κ3) is 4.58. The Morgan fingerprint density at radius 2 is 0.696 bits per heavy atom. The summed E-state index contributed by atoms with van der Waals surface area (Å²) in [6.07, 6.45) is 0. The number of hydrogen-bond donors (Lipinski definition) is 0. The zero-order valence-corrected chi connectivity index (χ0v) is 24.9. The molecule has 0 saturated heterocycles. The van der Waals surface area contributed by atoms with Crippen molar-refractivity contribution in [3.8, 4) is 45.3 Å². The maximum atomic E-state index is 5.07. The van der Waals surface area contributed by atoms with Crippen molar-refractivity contribution in [2.75, 3.05) is 0 Å². The molecule has 0 N–H and O–H groups in total. The smallest absolute Gasteiger partial charge is 0.164 e. The van der Waals surface area contributed by atoms with Crippen molar-refractivity contribution in [2.45, 2.75) is 0 Å². The van der Waals surface area contributed by atoms with Crippen LogP contribution in [0.25, 0.3) is 88.4 Å². The summed E-state index contributed by atoms with van der Waals surface area (Å²) in [4.78, 5) is 15.1. The first-order valence-electron chi connectivity index (χ1n) is 15.5. The largest absolute Gasteiger partial charge is 0.208 e. The summed E-state index contributed by atoms with van der Waals surface area (Å²) in [6, 6.07) is 57.7. The maximum absolute atomic E-state index is 5.07. The summed E-state index contributed by atoms with van der Waals surface area (Å²) < 4.78 is 0. The standard InChI is InChI=1S/C43H27N3/c1-3-9-28(10-4-1)32-17-15-29-16-18-34(27-36(29)25-32)42-44-41(31-12-5-2-6-13-31)45-43(46-42)35-21-22-38-33(26-35)20-24-39-37-14-8-7-11-30(37)19-23-40(38)39/h1-27H. The lowest BCUT2D eigenvalue weighted by Gasteiger charge is -2.11. The molecule has 0 spiro atoms. The lowest BCUT2D eigenvalue weighted by Crippen LogP contribution is -2.00. The Bertz CT molecular complexity index is 2570. The van der Waals surface area contributed by atoms with Crippen LogP contribution in [0.5, 0.6) is 0 Å². The molecule has 0 atom stereocenters. The Hall–Kier alpha value is -6.19. The Labute approximate surface area is 266 Å². The number of benzene rings is 8. The molecule has 0 bridgehead atoms. The van der Waals surface area contributed by atoms with E-state index in [2.05, 4.69) is 127 Å². The van der Waals surface area contributed by atoms with Crippen molar-refractivity contribution in [3.63, 3.8) is 0 Å². The molecule has 0 aliphatic carbocycles. The molecule has 0 radical (unpaired) electrons. The summed E-state index contributed by atoms with van der Waals surface area (Å²) in [7, 11) is 0. The molecule has 0 amide bonds. The minimum Gasteiger partial charge on any atom is -0.208 e. The van der Waals surface area contributed by atoms with Crippen LogP contribution in [0, 0.1) is 0 Å². The van der Waals surface area contributed by atoms with Crippen molar-refractivity contribution in [1.82, 2.24) is 15.0 Å². The number of nitrogens with zero attached hydrogens (tertiary/aromatic N) is 3. The highest BCUT2D eigenvalue weighted by atomic mass is 15.0. The molecule has 9 aromatic rings. The molecule has 3 nitrogen and oxygen atoms in total. The van der Waals surface area contributed by atoms with E-state index < -0.39 is 0 Å². The second kappa shape index (κ2) is 10.8. The molecule has 46 heavy (non-hydrogen) atoms. The number of hydrogen-bond acceptors (Lipinski definition) is 3. The summed E-state index contributed by atoms with van der Waals surface area (Å²) >= 11 is 0. The lowest BCUT2D eigenvalue weighted by atomic mass is 9.96. The first-order valence-corrected chi connectivity index (χ1v) is 15.5. The fourth-order valence-electron chi connectivity index (χ4n) is 6.51. The molecule has 0 unspecified atom stereocenters. The molecule has 214 valence electrons. The van der Waals surface area contributed by atoms with Gasteiger partial charge in [-0.15, -0.1) is 0 Å². The fraction of sp³-hybridized carbons (Fsp3) is 0. The van der Waals surface area contributed by atoms with Crippen LogP contribution in [0.2, 0.25) is 0 Å². The number of rotatable bonds is 4. The maximum Gasteiger partial charge on any atom is 0.164 e. The van der Waals surface area contributed by atoms with Gasteiger partial charge in [0.1, 0.15) is 0 Å². The van der Waals surface area contributed by atoms with Crippen LogP contribution in [0.1, 0.15) is 0 Å². The van der Waals surface area contributed by atoms with Crippen molar-refractivity contribution >= 4 is 43.1 Å². The van der Waals surface area contributed by atoms with E-state index in [1.54, 1.807) is 0 Å². The van der Waals surface area contributed by atoms with Crippen LogP contribution < -0.4 is 0 Å². The van der Waals surface area contributed by atoms with E-state index in [0.717, 1.165) is 27.5 Å². The van der Waals surface area contributed by atoms with Gasteiger partial charge in [-0.3, -0.25) is 0 Å². The van der Waals surface area contributed by atoms with Gasteiger partial charge in [0, 0.05) is 16.7 Å². The third-order valence-corrected chi connectivity index (χ3v) is 8.87. The van der Waals surface area contributed by atoms with Gasteiger partial charge in [-0.05, 0) is 72.4 Å². The van der Waals surface area contributed by atoms with Gasteiger partial charge in [0.2, 0.25) is 0 Å². The summed E-state index contributed by atoms with van der Waals surface area (Å²) in [6.45, 7) is 0. The normalized spacial score (nSPS) is 11.5. The molecule has 0 aliphatic rings. The Kier molecular flexibility index (Phi) is 6.14. The second-order valence-electron chi connectivity index (χ2n) is 11.7. The highest BCUT2D eigenvalue weighted by Gasteiger charge is 2.14. The van der Waals surface area contributed by atoms with Crippen LogP contribution in [0.15, 0.2) is 164 Å². The van der Waals surface area contributed by atoms with Crippen LogP contribution in [0.3, 0.4) is 0 Å². The van der Waals surface area contributed by atoms with Crippen molar-refractivity contribution < 1.29 is 0 Å². The van der Waals surface area contributed by atoms with E-state index in [1.165, 1.54) is 43.4 Å². The van der Waals surface area contributed by atoms with E-state index in [1.807, 2.05) is 36.4 Å². The molecule has 0 aliphatic heterocycles. The average molecular weight is 586 g/mol. The first kappa shape index (κ1) is 26.2. The number of fused-ring (bicyclic) bond motifs is 6. The average Bonchev–Trinajstić information content (AvgIpc) is 3.14. The van der Waals surface area contributed by atoms with E-state index in [-0.39, 0.29) is 0 Å². The molecule has 1 heterocycles. The monoisotopic (exact) mass is 585 g/mol. The highest BCUT2D eigenvalue weighted by molar-refractivity contribution is 6.17. The zero-order valence-electron chi connectivity index (χ0n) is 24.9. The molecule has 1 aromatic heterocycles. The molecule has 9 rings (SSSR count). The van der Waals surface area contributed by atoms with Gasteiger partial charge in [0.15, 0.2) is 17.5 Å². The Morgan fingerprint density at radius 3 is 1.41 bits per heavy atom. The van der Waals surface area contributed by atoms with Crippen molar-refractivity contribution in [3.05, 3.63) is 164 Å². The Morgan fingerprint density at radius 1 is 0.239 bits per heavy atom. The summed E-state index contributed by atoms with van der Waals surface area (Å²) in [5.74, 6) is 1.97. The predicted octanol–water partition coefficient (Wildman–Crippen LogP) is 11.2. The quantitative estimate of drug-likeness (QED) is 0.193. The topological polar surface area (TPSA) is 38.7 Å². The molecular formula is C43H27N3. The van der Waals surface area contributed by atoms with Crippen LogP contribution in [0.4, 0.5) is 0 Å². The Balaban J connectivity index is 1.19. The SMILES string of the molecule is c1ccc(-c2ccc3ccc(-c4nc(-c5ccccc5)nc(-c5ccc6c(ccc7c8ccccc8ccc67)c5)n4)cc3c2)cc1. The van der Waals surface area contributed by atoms with Crippen LogP contribution in [-0.4, -0.2) is 15.0 Å². The molecular weight excluding hydrogens is 558 g/mol. The van der Waals surface area contributed by atoms with Crippen molar-refractivity contribution in [2.24, 2.45) is 0 Å². The van der Waals surface area contributed by atoms with Gasteiger partial charge in [0.05, 0.1) is 0 Å². The van der Waals surface area contributed by atoms with Gasteiger partial charge in [-0.1, -0.05) is 146 Å². The van der Waals surface area contributed by atoms with Gasteiger partial charge >= 0.3 is 0 Å². The van der Waals surface area contributed by atoms with E-state index >= 15 is 0 Å². The minimum absolute atomic E-state index is 0.654. The minimum atomic E-state index is 0.654. The third-order valence-electron chi connectivity index (χ3n) is 8.87. The first-order chi connectivity index (χ1) is 22.8. The van der Waals surface area contributed by atoms with Gasteiger partial charge < -0.3 is 0 Å². The number of aromatic nitrogens is 3. The summed E-state index contributed by atoms with van der Waals surface area (Å²) in [5, 5.41) is 9.72. The predicted molar refractivity (Wildman–Crippen MR) is 192 cm³/mol. The zero-order chi connectivity index (χ0) is 30.5. The van der Waals surface area contributed by atoms with Crippen LogP contribution >= 0.6 is 0 Å². The fourth-order valence-corrected chi connectivity index (χ4v) is 6.51. The van der Waals surface area contributed by atoms with Gasteiger partial charge in [0.25, 0.3) is 0 Å². The highest BCUT2D eigenvalue weighted by Crippen LogP contribution is 2.34. The van der Waals surface area contributed by atoms with Gasteiger partial charge in [-0.2, -0.15) is 0 Å². The molecule has 3 heteroatoms. The molecule has 0 fully saturated rings. The lowest BCUT2D eigenvalue weighted by molar-refractivity contribution is 1.08. The molecule has 0 saturated carbocycles. The van der Waals surface area contributed by atoms with Gasteiger partial charge in [-0.25, -0.2) is 15.0 Å². The van der Waals surface area contributed by atoms with E-state index in [9.17, 15) is 0 Å². The summed E-state index contributed by atoms with van der Waals surface area (Å²) in [5.41, 5.74) is 5.25. The molecule has 8 aromatic carbocycles. The van der Waals surface area contributed by atoms with Crippen LogP contribution in [-0.2, 0) is 0 Å². The van der Waals surface area contributed by atoms with E-state index in [4.69, 9.17) is 15.0 Å². The van der Waals surface area contributed by atoms with Crippen molar-refractivity contribution in [1.29, 1.82) is 0 Å². The van der Waals surface area contributed by atoms with E-state index in [0.29, 0.717) is 17.5 Å².